The van der Waals surface area contributed by atoms with Gasteiger partial charge in [0.25, 0.3) is 0 Å². The summed E-state index contributed by atoms with van der Waals surface area (Å²) in [6.45, 7) is 4.59. The van der Waals surface area contributed by atoms with Crippen LogP contribution in [0.4, 0.5) is 4.79 Å². The second-order valence-electron chi connectivity index (χ2n) is 7.21. The largest absolute Gasteiger partial charge is 0.497 e. The van der Waals surface area contributed by atoms with Gasteiger partial charge in [0.1, 0.15) is 18.1 Å². The maximum absolute atomic E-state index is 12.7. The first-order valence-corrected chi connectivity index (χ1v) is 9.26. The van der Waals surface area contributed by atoms with Crippen LogP contribution in [0.3, 0.4) is 0 Å². The molecule has 1 aliphatic heterocycles. The Morgan fingerprint density at radius 1 is 1.11 bits per heavy atom. The van der Waals surface area contributed by atoms with Crippen LogP contribution < -0.4 is 4.74 Å². The van der Waals surface area contributed by atoms with Crippen LogP contribution in [-0.2, 0) is 22.5 Å². The third-order valence-corrected chi connectivity index (χ3v) is 4.90. The first-order valence-electron chi connectivity index (χ1n) is 9.26. The fourth-order valence-electron chi connectivity index (χ4n) is 3.38. The minimum absolute atomic E-state index is 0.00891. The molecule has 0 saturated carbocycles. The molecule has 2 aromatic rings. The first-order chi connectivity index (χ1) is 13.0. The minimum Gasteiger partial charge on any atom is -0.497 e. The van der Waals surface area contributed by atoms with Gasteiger partial charge >= 0.3 is 6.09 Å². The number of hydrogen-bond acceptors (Lipinski definition) is 4. The fraction of sp³-hybridized carbons (Fsp3) is 0.409. The lowest BCUT2D eigenvalue weighted by atomic mass is 10.0. The monoisotopic (exact) mass is 369 g/mol. The Balaban J connectivity index is 1.60. The first kappa shape index (κ1) is 19.2. The molecule has 5 heteroatoms. The molecule has 1 heterocycles. The van der Waals surface area contributed by atoms with Gasteiger partial charge in [-0.2, -0.15) is 0 Å². The SMILES string of the molecule is COc1ccc(CC[C@@H]2COC(C)(C)N2C(=O)OCc2ccccc2)cc1. The summed E-state index contributed by atoms with van der Waals surface area (Å²) >= 11 is 0. The predicted octanol–water partition coefficient (Wildman–Crippen LogP) is 4.40. The molecule has 3 rings (SSSR count). The molecule has 0 spiro atoms. The highest BCUT2D eigenvalue weighted by Gasteiger charge is 2.44. The summed E-state index contributed by atoms with van der Waals surface area (Å²) in [5.74, 6) is 0.843. The van der Waals surface area contributed by atoms with Crippen LogP contribution in [-0.4, -0.2) is 36.5 Å². The summed E-state index contributed by atoms with van der Waals surface area (Å²) in [5.41, 5.74) is 1.51. The van der Waals surface area contributed by atoms with Crippen LogP contribution in [0, 0.1) is 0 Å². The zero-order valence-electron chi connectivity index (χ0n) is 16.2. The molecule has 1 aliphatic rings. The summed E-state index contributed by atoms with van der Waals surface area (Å²) in [4.78, 5) is 14.5. The standard InChI is InChI=1S/C22H27NO4/c1-22(2)23(21(24)26-15-18-7-5-4-6-8-18)19(16-27-22)12-9-17-10-13-20(25-3)14-11-17/h4-8,10-11,13-14,19H,9,12,15-16H2,1-3H3/t19-/m1/s1. The van der Waals surface area contributed by atoms with E-state index in [4.69, 9.17) is 14.2 Å². The van der Waals surface area contributed by atoms with Crippen LogP contribution >= 0.6 is 0 Å². The number of methoxy groups -OCH3 is 1. The normalized spacial score (nSPS) is 18.3. The third kappa shape index (κ3) is 4.80. The van der Waals surface area contributed by atoms with E-state index in [1.54, 1.807) is 12.0 Å². The van der Waals surface area contributed by atoms with Crippen LogP contribution in [0.15, 0.2) is 54.6 Å². The third-order valence-electron chi connectivity index (χ3n) is 4.90. The Labute approximate surface area is 160 Å². The van der Waals surface area contributed by atoms with E-state index in [1.807, 2.05) is 56.3 Å². The zero-order chi connectivity index (χ0) is 19.3. The summed E-state index contributed by atoms with van der Waals surface area (Å²) < 4.78 is 16.6. The van der Waals surface area contributed by atoms with E-state index in [2.05, 4.69) is 12.1 Å². The van der Waals surface area contributed by atoms with E-state index in [0.29, 0.717) is 6.61 Å². The van der Waals surface area contributed by atoms with Crippen molar-refractivity contribution in [2.75, 3.05) is 13.7 Å². The van der Waals surface area contributed by atoms with Crippen LogP contribution in [0.1, 0.15) is 31.4 Å². The lowest BCUT2D eigenvalue weighted by molar-refractivity contribution is -0.0493. The van der Waals surface area contributed by atoms with Crippen LogP contribution in [0.2, 0.25) is 0 Å². The van der Waals surface area contributed by atoms with Gasteiger partial charge in [0.05, 0.1) is 19.8 Å². The van der Waals surface area contributed by atoms with Crippen molar-refractivity contribution in [3.05, 3.63) is 65.7 Å². The second-order valence-corrected chi connectivity index (χ2v) is 7.21. The molecule has 5 nitrogen and oxygen atoms in total. The summed E-state index contributed by atoms with van der Waals surface area (Å²) in [7, 11) is 1.66. The number of rotatable bonds is 6. The number of ether oxygens (including phenoxy) is 3. The highest BCUT2D eigenvalue weighted by Crippen LogP contribution is 2.30. The topological polar surface area (TPSA) is 48.0 Å². The van der Waals surface area contributed by atoms with Gasteiger partial charge in [-0.25, -0.2) is 4.79 Å². The maximum Gasteiger partial charge on any atom is 0.412 e. The highest BCUT2D eigenvalue weighted by atomic mass is 16.6. The number of amides is 1. The van der Waals surface area contributed by atoms with Crippen molar-refractivity contribution in [3.8, 4) is 5.75 Å². The molecule has 27 heavy (non-hydrogen) atoms. The molecule has 0 bridgehead atoms. The summed E-state index contributed by atoms with van der Waals surface area (Å²) in [5, 5.41) is 0. The van der Waals surface area contributed by atoms with E-state index >= 15 is 0 Å². The Morgan fingerprint density at radius 3 is 2.48 bits per heavy atom. The fourth-order valence-corrected chi connectivity index (χ4v) is 3.38. The van der Waals surface area contributed by atoms with Crippen molar-refractivity contribution in [2.45, 2.75) is 45.1 Å². The van der Waals surface area contributed by atoms with E-state index < -0.39 is 5.72 Å². The number of nitrogens with zero attached hydrogens (tertiary/aromatic N) is 1. The molecule has 0 aliphatic carbocycles. The molecule has 0 radical (unpaired) electrons. The zero-order valence-corrected chi connectivity index (χ0v) is 16.2. The van der Waals surface area contributed by atoms with Crippen molar-refractivity contribution < 1.29 is 19.0 Å². The molecular formula is C22H27NO4. The van der Waals surface area contributed by atoms with E-state index in [0.717, 1.165) is 24.2 Å². The van der Waals surface area contributed by atoms with Gasteiger partial charge in [-0.3, -0.25) is 4.90 Å². The van der Waals surface area contributed by atoms with Crippen molar-refractivity contribution in [3.63, 3.8) is 0 Å². The van der Waals surface area contributed by atoms with Gasteiger partial charge in [-0.15, -0.1) is 0 Å². The maximum atomic E-state index is 12.7. The average Bonchev–Trinajstić information content (AvgIpc) is 3.00. The Hall–Kier alpha value is -2.53. The van der Waals surface area contributed by atoms with E-state index in [9.17, 15) is 4.79 Å². The Bertz CT molecular complexity index is 743. The van der Waals surface area contributed by atoms with Gasteiger partial charge in [0, 0.05) is 0 Å². The van der Waals surface area contributed by atoms with Gasteiger partial charge < -0.3 is 14.2 Å². The predicted molar refractivity (Wildman–Crippen MR) is 104 cm³/mol. The quantitative estimate of drug-likeness (QED) is 0.757. The van der Waals surface area contributed by atoms with Crippen molar-refractivity contribution in [2.24, 2.45) is 0 Å². The molecular weight excluding hydrogens is 342 g/mol. The molecule has 1 atom stereocenters. The summed E-state index contributed by atoms with van der Waals surface area (Å²) in [6, 6.07) is 17.7. The number of carbonyl (C=O) groups is 1. The number of hydrogen-bond donors (Lipinski definition) is 0. The van der Waals surface area contributed by atoms with Crippen molar-refractivity contribution in [1.29, 1.82) is 0 Å². The lowest BCUT2D eigenvalue weighted by Crippen LogP contribution is -2.48. The Kier molecular flexibility index (Phi) is 6.01. The van der Waals surface area contributed by atoms with E-state index in [1.165, 1.54) is 5.56 Å². The highest BCUT2D eigenvalue weighted by molar-refractivity contribution is 5.69. The smallest absolute Gasteiger partial charge is 0.412 e. The molecule has 1 fully saturated rings. The number of carbonyl (C=O) groups excluding carboxylic acids is 1. The summed E-state index contributed by atoms with van der Waals surface area (Å²) in [6.07, 6.45) is 1.34. The molecule has 1 saturated heterocycles. The average molecular weight is 369 g/mol. The van der Waals surface area contributed by atoms with Crippen LogP contribution in [0.5, 0.6) is 5.75 Å². The second kappa shape index (κ2) is 8.44. The van der Waals surface area contributed by atoms with Crippen molar-refractivity contribution >= 4 is 6.09 Å². The van der Waals surface area contributed by atoms with Crippen molar-refractivity contribution in [1.82, 2.24) is 4.90 Å². The van der Waals surface area contributed by atoms with Gasteiger partial charge in [-0.1, -0.05) is 42.5 Å². The minimum atomic E-state index is -0.668. The van der Waals surface area contributed by atoms with E-state index in [-0.39, 0.29) is 18.7 Å². The molecule has 1 amide bonds. The van der Waals surface area contributed by atoms with Gasteiger partial charge in [-0.05, 0) is 49.9 Å². The molecule has 0 aromatic heterocycles. The van der Waals surface area contributed by atoms with Gasteiger partial charge in [0.2, 0.25) is 0 Å². The molecule has 0 N–H and O–H groups in total. The number of benzene rings is 2. The van der Waals surface area contributed by atoms with Crippen LogP contribution in [0.25, 0.3) is 0 Å². The van der Waals surface area contributed by atoms with Gasteiger partial charge in [0.15, 0.2) is 0 Å². The molecule has 0 unspecified atom stereocenters. The molecule has 144 valence electrons. The number of aryl methyl sites for hydroxylation is 1. The molecule has 2 aromatic carbocycles. The lowest BCUT2D eigenvalue weighted by Gasteiger charge is -2.32. The Morgan fingerprint density at radius 2 is 1.81 bits per heavy atom.